The summed E-state index contributed by atoms with van der Waals surface area (Å²) in [4.78, 5) is 12.3. The third kappa shape index (κ3) is 2.98. The number of amides is 1. The van der Waals surface area contributed by atoms with Gasteiger partial charge in [-0.3, -0.25) is 4.79 Å². The molecular weight excluding hydrogens is 285 g/mol. The number of benzene rings is 1. The second-order valence-electron chi connectivity index (χ2n) is 4.44. The molecule has 2 rings (SSSR count). The van der Waals surface area contributed by atoms with Crippen molar-refractivity contribution in [3.63, 3.8) is 0 Å². The Morgan fingerprint density at radius 1 is 1.40 bits per heavy atom. The summed E-state index contributed by atoms with van der Waals surface area (Å²) in [5, 5.41) is 0. The largest absolute Gasteiger partial charge is 0.499 e. The number of nitrogens with zero attached hydrogens (tertiary/aromatic N) is 1. The van der Waals surface area contributed by atoms with Crippen LogP contribution in [0.2, 0.25) is 0 Å². The number of halogens is 1. The van der Waals surface area contributed by atoms with E-state index in [9.17, 15) is 17.6 Å². The van der Waals surface area contributed by atoms with Crippen molar-refractivity contribution in [1.29, 1.82) is 0 Å². The lowest BCUT2D eigenvalue weighted by Gasteiger charge is -2.18. The van der Waals surface area contributed by atoms with E-state index in [-0.39, 0.29) is 16.2 Å². The first-order valence-electron chi connectivity index (χ1n) is 5.97. The second-order valence-corrected chi connectivity index (χ2v) is 6.46. The summed E-state index contributed by atoms with van der Waals surface area (Å²) in [6.45, 7) is 0.861. The van der Waals surface area contributed by atoms with Gasteiger partial charge in [0.15, 0.2) is 9.84 Å². The van der Waals surface area contributed by atoms with Gasteiger partial charge < -0.3 is 9.64 Å². The Kier molecular flexibility index (Phi) is 4.08. The van der Waals surface area contributed by atoms with E-state index in [1.54, 1.807) is 0 Å². The second kappa shape index (κ2) is 5.62. The van der Waals surface area contributed by atoms with Gasteiger partial charge in [-0.15, -0.1) is 0 Å². The van der Waals surface area contributed by atoms with E-state index in [1.807, 2.05) is 0 Å². The van der Waals surface area contributed by atoms with Gasteiger partial charge in [0.25, 0.3) is 0 Å². The fourth-order valence-electron chi connectivity index (χ4n) is 1.91. The predicted molar refractivity (Wildman–Crippen MR) is 70.8 cm³/mol. The Morgan fingerprint density at radius 2 is 2.15 bits per heavy atom. The average molecular weight is 299 g/mol. The van der Waals surface area contributed by atoms with E-state index in [2.05, 4.69) is 0 Å². The van der Waals surface area contributed by atoms with Gasteiger partial charge in [0.2, 0.25) is 6.41 Å². The van der Waals surface area contributed by atoms with Crippen LogP contribution in [0.3, 0.4) is 0 Å². The van der Waals surface area contributed by atoms with Gasteiger partial charge in [-0.05, 0) is 24.6 Å². The van der Waals surface area contributed by atoms with Crippen LogP contribution >= 0.6 is 0 Å². The van der Waals surface area contributed by atoms with Gasteiger partial charge in [-0.25, -0.2) is 12.8 Å². The Bertz CT molecular complexity index is 654. The number of carbonyl (C=O) groups is 1. The van der Waals surface area contributed by atoms with E-state index in [4.69, 9.17) is 4.74 Å². The van der Waals surface area contributed by atoms with Gasteiger partial charge in [0, 0.05) is 18.4 Å². The van der Waals surface area contributed by atoms with Crippen LogP contribution in [0.5, 0.6) is 0 Å². The van der Waals surface area contributed by atoms with Crippen LogP contribution < -0.4 is 0 Å². The highest BCUT2D eigenvalue weighted by Gasteiger charge is 2.19. The zero-order valence-corrected chi connectivity index (χ0v) is 11.7. The topological polar surface area (TPSA) is 63.7 Å². The monoisotopic (exact) mass is 299 g/mol. The fraction of sp³-hybridized carbons (Fsp3) is 0.308. The van der Waals surface area contributed by atoms with Crippen LogP contribution in [0.15, 0.2) is 29.4 Å². The smallest absolute Gasteiger partial charge is 0.214 e. The predicted octanol–water partition coefficient (Wildman–Crippen LogP) is 1.41. The van der Waals surface area contributed by atoms with Gasteiger partial charge in [-0.1, -0.05) is 0 Å². The Labute approximate surface area is 116 Å². The lowest BCUT2D eigenvalue weighted by atomic mass is 10.1. The van der Waals surface area contributed by atoms with Crippen LogP contribution in [0.25, 0.3) is 5.70 Å². The minimum atomic E-state index is -3.47. The molecule has 0 spiro atoms. The molecule has 1 aromatic rings. The number of ether oxygens (including phenoxy) is 1. The van der Waals surface area contributed by atoms with Crippen molar-refractivity contribution in [3.8, 4) is 0 Å². The molecule has 0 unspecified atom stereocenters. The third-order valence-electron chi connectivity index (χ3n) is 2.94. The third-order valence-corrected chi connectivity index (χ3v) is 4.05. The molecule has 1 amide bonds. The molecule has 0 radical (unpaired) electrons. The van der Waals surface area contributed by atoms with Gasteiger partial charge in [0.05, 0.1) is 17.2 Å². The minimum Gasteiger partial charge on any atom is -0.499 e. The van der Waals surface area contributed by atoms with Crippen molar-refractivity contribution in [3.05, 3.63) is 35.8 Å². The summed E-state index contributed by atoms with van der Waals surface area (Å²) in [6.07, 6.45) is 3.57. The Hall–Kier alpha value is -1.89. The first-order chi connectivity index (χ1) is 9.43. The molecule has 0 atom stereocenters. The standard InChI is InChI=1S/C13H14FNO4S/c1-20(17,18)10-3-4-11(12(14)7-10)13-8-19-6-2-5-15(13)9-16/h3-4,7-9H,2,5-6H2,1H3. The molecule has 0 fully saturated rings. The molecule has 20 heavy (non-hydrogen) atoms. The number of sulfone groups is 1. The lowest BCUT2D eigenvalue weighted by Crippen LogP contribution is -2.21. The maximum absolute atomic E-state index is 14.1. The SMILES string of the molecule is CS(=O)(=O)c1ccc(C2=COCCCN2C=O)c(F)c1. The molecule has 0 N–H and O–H groups in total. The molecule has 1 aromatic carbocycles. The molecule has 108 valence electrons. The van der Waals surface area contributed by atoms with Gasteiger partial charge in [-0.2, -0.15) is 0 Å². The summed E-state index contributed by atoms with van der Waals surface area (Å²) < 4.78 is 42.1. The van der Waals surface area contributed by atoms with Gasteiger partial charge >= 0.3 is 0 Å². The number of carbonyl (C=O) groups excluding carboxylic acids is 1. The first-order valence-corrected chi connectivity index (χ1v) is 7.86. The number of hydrogen-bond donors (Lipinski definition) is 0. The molecule has 0 saturated carbocycles. The highest BCUT2D eigenvalue weighted by atomic mass is 32.2. The van der Waals surface area contributed by atoms with E-state index in [0.29, 0.717) is 26.0 Å². The van der Waals surface area contributed by atoms with Crippen LogP contribution in [0.1, 0.15) is 12.0 Å². The molecule has 0 saturated heterocycles. The summed E-state index contributed by atoms with van der Waals surface area (Å²) >= 11 is 0. The van der Waals surface area contributed by atoms with Crippen molar-refractivity contribution in [2.45, 2.75) is 11.3 Å². The van der Waals surface area contributed by atoms with Crippen molar-refractivity contribution < 1.29 is 22.3 Å². The highest BCUT2D eigenvalue weighted by Crippen LogP contribution is 2.25. The van der Waals surface area contributed by atoms with Crippen molar-refractivity contribution in [2.75, 3.05) is 19.4 Å². The quantitative estimate of drug-likeness (QED) is 0.792. The van der Waals surface area contributed by atoms with Crippen molar-refractivity contribution >= 4 is 21.9 Å². The minimum absolute atomic E-state index is 0.105. The molecule has 1 aliphatic rings. The van der Waals surface area contributed by atoms with E-state index >= 15 is 0 Å². The van der Waals surface area contributed by atoms with Crippen LogP contribution in [0.4, 0.5) is 4.39 Å². The number of hydrogen-bond acceptors (Lipinski definition) is 4. The molecule has 0 bridgehead atoms. The molecule has 1 aliphatic heterocycles. The fourth-order valence-corrected chi connectivity index (χ4v) is 2.54. The van der Waals surface area contributed by atoms with Crippen LogP contribution in [0, 0.1) is 5.82 Å². The molecular formula is C13H14FNO4S. The average Bonchev–Trinajstić information content (AvgIpc) is 2.62. The lowest BCUT2D eigenvalue weighted by molar-refractivity contribution is -0.115. The maximum Gasteiger partial charge on any atom is 0.214 e. The van der Waals surface area contributed by atoms with Crippen LogP contribution in [-0.4, -0.2) is 39.1 Å². The summed E-state index contributed by atoms with van der Waals surface area (Å²) in [5.41, 5.74) is 0.418. The van der Waals surface area contributed by atoms with E-state index in [1.165, 1.54) is 23.3 Å². The maximum atomic E-state index is 14.1. The molecule has 5 nitrogen and oxygen atoms in total. The van der Waals surface area contributed by atoms with E-state index < -0.39 is 15.7 Å². The zero-order valence-electron chi connectivity index (χ0n) is 10.9. The molecule has 7 heteroatoms. The molecule has 0 aliphatic carbocycles. The summed E-state index contributed by atoms with van der Waals surface area (Å²) in [7, 11) is -3.47. The van der Waals surface area contributed by atoms with Crippen molar-refractivity contribution in [1.82, 2.24) is 4.90 Å². The van der Waals surface area contributed by atoms with Gasteiger partial charge in [0.1, 0.15) is 12.1 Å². The van der Waals surface area contributed by atoms with Crippen molar-refractivity contribution in [2.24, 2.45) is 0 Å². The molecule has 1 heterocycles. The summed E-state index contributed by atoms with van der Waals surface area (Å²) in [6, 6.07) is 3.59. The molecule has 0 aromatic heterocycles. The highest BCUT2D eigenvalue weighted by molar-refractivity contribution is 7.90. The normalized spacial score (nSPS) is 16.1. The van der Waals surface area contributed by atoms with Crippen LogP contribution in [-0.2, 0) is 19.4 Å². The zero-order chi connectivity index (χ0) is 14.8. The first kappa shape index (κ1) is 14.5. The number of rotatable bonds is 3. The Balaban J connectivity index is 2.46. The van der Waals surface area contributed by atoms with E-state index in [0.717, 1.165) is 12.3 Å². The summed E-state index contributed by atoms with van der Waals surface area (Å²) in [5.74, 6) is -0.712. The Morgan fingerprint density at radius 3 is 2.75 bits per heavy atom.